The monoisotopic (exact) mass is 312 g/mol. The second kappa shape index (κ2) is 9.51. The zero-order valence-corrected chi connectivity index (χ0v) is 13.2. The first-order chi connectivity index (χ1) is 10.1. The molecule has 0 N–H and O–H groups in total. The lowest BCUT2D eigenvalue weighted by molar-refractivity contribution is -0.301. The summed E-state index contributed by atoms with van der Waals surface area (Å²) in [6.45, 7) is 7.72. The van der Waals surface area contributed by atoms with Gasteiger partial charge in [-0.25, -0.2) is 24.2 Å². The molecule has 0 aliphatic heterocycles. The maximum Gasteiger partial charge on any atom is 0.373 e. The van der Waals surface area contributed by atoms with Crippen molar-refractivity contribution in [2.45, 2.75) is 40.2 Å². The van der Waals surface area contributed by atoms with E-state index in [0.29, 0.717) is 5.56 Å². The fourth-order valence-electron chi connectivity index (χ4n) is 0.903. The zero-order chi connectivity index (χ0) is 17.2. The van der Waals surface area contributed by atoms with Crippen molar-refractivity contribution in [3.8, 4) is 0 Å². The van der Waals surface area contributed by atoms with Crippen molar-refractivity contribution >= 4 is 17.9 Å². The number of carbonyl (C=O) groups is 3. The van der Waals surface area contributed by atoms with E-state index in [0.717, 1.165) is 13.8 Å². The van der Waals surface area contributed by atoms with Gasteiger partial charge < -0.3 is 0 Å². The van der Waals surface area contributed by atoms with Crippen molar-refractivity contribution in [3.05, 3.63) is 35.9 Å². The number of benzene rings is 1. The van der Waals surface area contributed by atoms with E-state index in [1.54, 1.807) is 24.3 Å². The van der Waals surface area contributed by atoms with E-state index in [2.05, 4.69) is 14.7 Å². The Bertz CT molecular complexity index is 474. The maximum absolute atomic E-state index is 11.3. The van der Waals surface area contributed by atoms with E-state index in [1.807, 2.05) is 26.8 Å². The normalized spacial score (nSPS) is 9.86. The van der Waals surface area contributed by atoms with Crippen molar-refractivity contribution in [2.24, 2.45) is 0 Å². The molecule has 0 spiro atoms. The minimum Gasteiger partial charge on any atom is -0.292 e. The lowest BCUT2D eigenvalue weighted by Crippen LogP contribution is -2.21. The highest BCUT2D eigenvalue weighted by Gasteiger charge is 2.16. The van der Waals surface area contributed by atoms with Crippen LogP contribution in [0.2, 0.25) is 0 Å². The summed E-state index contributed by atoms with van der Waals surface area (Å²) in [7, 11) is 0. The quantitative estimate of drug-likeness (QED) is 0.612. The Morgan fingerprint density at radius 3 is 1.64 bits per heavy atom. The van der Waals surface area contributed by atoms with Crippen molar-refractivity contribution in [1.29, 1.82) is 0 Å². The number of rotatable bonds is 2. The highest BCUT2D eigenvalue weighted by Crippen LogP contribution is 2.09. The smallest absolute Gasteiger partial charge is 0.292 e. The second-order valence-electron chi connectivity index (χ2n) is 5.08. The van der Waals surface area contributed by atoms with Crippen LogP contribution in [-0.2, 0) is 29.1 Å². The summed E-state index contributed by atoms with van der Waals surface area (Å²) in [5.41, 5.74) is 0.00140. The molecule has 0 saturated heterocycles. The summed E-state index contributed by atoms with van der Waals surface area (Å²) in [5.74, 6) is -1.75. The molecule has 1 aromatic carbocycles. The molecule has 0 atom stereocenters. The van der Waals surface area contributed by atoms with Gasteiger partial charge in [-0.15, -0.1) is 0 Å². The van der Waals surface area contributed by atoms with Gasteiger partial charge in [-0.1, -0.05) is 18.2 Å². The van der Waals surface area contributed by atoms with Crippen LogP contribution in [0, 0.1) is 0 Å². The Morgan fingerprint density at radius 2 is 1.27 bits per heavy atom. The molecule has 122 valence electrons. The van der Waals surface area contributed by atoms with Crippen LogP contribution in [0.5, 0.6) is 0 Å². The van der Waals surface area contributed by atoms with Crippen LogP contribution in [0.4, 0.5) is 0 Å². The average Bonchev–Trinajstić information content (AvgIpc) is 2.43. The maximum atomic E-state index is 11.3. The third kappa shape index (κ3) is 11.4. The van der Waals surface area contributed by atoms with E-state index >= 15 is 0 Å². The van der Waals surface area contributed by atoms with Crippen molar-refractivity contribution < 1.29 is 33.9 Å². The SMILES string of the molecule is CC(=O)OOC(C)=O.CC(C)(C)OOC(=O)c1ccccc1. The Balaban J connectivity index is 0.000000472. The molecule has 0 fully saturated rings. The summed E-state index contributed by atoms with van der Waals surface area (Å²) in [5, 5.41) is 0. The summed E-state index contributed by atoms with van der Waals surface area (Å²) in [4.78, 5) is 48.2. The molecule has 0 unspecified atom stereocenters. The first-order valence-electron chi connectivity index (χ1n) is 6.42. The highest BCUT2D eigenvalue weighted by atomic mass is 17.2. The van der Waals surface area contributed by atoms with Gasteiger partial charge in [0.05, 0.1) is 5.56 Å². The molecule has 0 amide bonds. The van der Waals surface area contributed by atoms with Gasteiger partial charge in [-0.2, -0.15) is 4.89 Å². The molecule has 1 aromatic rings. The number of carbonyl (C=O) groups excluding carboxylic acids is 3. The van der Waals surface area contributed by atoms with Crippen LogP contribution < -0.4 is 0 Å². The molecule has 0 heterocycles. The highest BCUT2D eigenvalue weighted by molar-refractivity contribution is 5.88. The van der Waals surface area contributed by atoms with E-state index in [4.69, 9.17) is 4.89 Å². The van der Waals surface area contributed by atoms with Crippen LogP contribution in [0.1, 0.15) is 45.0 Å². The minimum atomic E-state index is -0.639. The van der Waals surface area contributed by atoms with Gasteiger partial charge in [0, 0.05) is 13.8 Å². The van der Waals surface area contributed by atoms with E-state index in [-0.39, 0.29) is 0 Å². The molecule has 0 bridgehead atoms. The Labute approximate surface area is 129 Å². The molecule has 1 rings (SSSR count). The molecular weight excluding hydrogens is 292 g/mol. The van der Waals surface area contributed by atoms with Crippen LogP contribution >= 0.6 is 0 Å². The predicted molar refractivity (Wildman–Crippen MR) is 76.2 cm³/mol. The van der Waals surface area contributed by atoms with Gasteiger partial charge >= 0.3 is 17.9 Å². The summed E-state index contributed by atoms with van der Waals surface area (Å²) in [6, 6.07) is 8.73. The lowest BCUT2D eigenvalue weighted by atomic mass is 10.2. The molecule has 0 aliphatic rings. The fourth-order valence-corrected chi connectivity index (χ4v) is 0.903. The molecule has 0 saturated carbocycles. The topological polar surface area (TPSA) is 88.1 Å². The summed E-state index contributed by atoms with van der Waals surface area (Å²) in [6.07, 6.45) is 0. The van der Waals surface area contributed by atoms with Crippen LogP contribution in [-0.4, -0.2) is 23.5 Å². The van der Waals surface area contributed by atoms with Gasteiger partial charge in [0.1, 0.15) is 5.60 Å². The van der Waals surface area contributed by atoms with Gasteiger partial charge in [0.15, 0.2) is 0 Å². The minimum absolute atomic E-state index is 0.472. The Hall–Kier alpha value is -2.41. The first kappa shape index (κ1) is 19.6. The molecule has 0 radical (unpaired) electrons. The largest absolute Gasteiger partial charge is 0.373 e. The van der Waals surface area contributed by atoms with Crippen molar-refractivity contribution in [3.63, 3.8) is 0 Å². The zero-order valence-electron chi connectivity index (χ0n) is 13.2. The predicted octanol–water partition coefficient (Wildman–Crippen LogP) is 2.60. The van der Waals surface area contributed by atoms with E-state index in [1.165, 1.54) is 0 Å². The van der Waals surface area contributed by atoms with Crippen LogP contribution in [0.3, 0.4) is 0 Å². The Kier molecular flexibility index (Phi) is 8.47. The number of hydrogen-bond acceptors (Lipinski definition) is 7. The van der Waals surface area contributed by atoms with Gasteiger partial charge in [0.25, 0.3) is 0 Å². The van der Waals surface area contributed by atoms with E-state index in [9.17, 15) is 14.4 Å². The molecular formula is C15H20O7. The molecule has 7 nitrogen and oxygen atoms in total. The molecule has 22 heavy (non-hydrogen) atoms. The summed E-state index contributed by atoms with van der Waals surface area (Å²) < 4.78 is 0. The third-order valence-corrected chi connectivity index (χ3v) is 1.65. The fraction of sp³-hybridized carbons (Fsp3) is 0.400. The van der Waals surface area contributed by atoms with Crippen molar-refractivity contribution in [2.75, 3.05) is 0 Å². The van der Waals surface area contributed by atoms with Crippen molar-refractivity contribution in [1.82, 2.24) is 0 Å². The average molecular weight is 312 g/mol. The third-order valence-electron chi connectivity index (χ3n) is 1.65. The summed E-state index contributed by atoms with van der Waals surface area (Å²) >= 11 is 0. The first-order valence-corrected chi connectivity index (χ1v) is 6.42. The standard InChI is InChI=1S/C11H14O3.C4H6O4/c1-11(2,3)14-13-10(12)9-7-5-4-6-8-9;1-3(5)7-8-4(2)6/h4-8H,1-3H3;1-2H3. The van der Waals surface area contributed by atoms with Gasteiger partial charge in [-0.05, 0) is 32.9 Å². The lowest BCUT2D eigenvalue weighted by Gasteiger charge is -2.16. The van der Waals surface area contributed by atoms with Gasteiger partial charge in [-0.3, -0.25) is 4.89 Å². The Morgan fingerprint density at radius 1 is 0.818 bits per heavy atom. The van der Waals surface area contributed by atoms with Gasteiger partial charge in [0.2, 0.25) is 0 Å². The van der Waals surface area contributed by atoms with Crippen LogP contribution in [0.25, 0.3) is 0 Å². The van der Waals surface area contributed by atoms with E-state index < -0.39 is 23.5 Å². The number of hydrogen-bond donors (Lipinski definition) is 0. The molecule has 0 aliphatic carbocycles. The second-order valence-corrected chi connectivity index (χ2v) is 5.08. The molecule has 0 aromatic heterocycles. The molecule has 7 heteroatoms. The van der Waals surface area contributed by atoms with Crippen LogP contribution in [0.15, 0.2) is 30.3 Å².